The number of carbonyl (C=O) groups excluding carboxylic acids is 1. The molecule has 19 heavy (non-hydrogen) atoms. The van der Waals surface area contributed by atoms with Crippen molar-refractivity contribution >= 4 is 17.5 Å². The van der Waals surface area contributed by atoms with Crippen LogP contribution < -0.4 is 5.32 Å². The van der Waals surface area contributed by atoms with Gasteiger partial charge in [0.25, 0.3) is 0 Å². The highest BCUT2D eigenvalue weighted by molar-refractivity contribution is 6.30. The summed E-state index contributed by atoms with van der Waals surface area (Å²) < 4.78 is 0. The van der Waals surface area contributed by atoms with Crippen LogP contribution >= 0.6 is 11.6 Å². The van der Waals surface area contributed by atoms with E-state index < -0.39 is 0 Å². The number of rotatable bonds is 4. The summed E-state index contributed by atoms with van der Waals surface area (Å²) in [7, 11) is 0. The van der Waals surface area contributed by atoms with E-state index in [2.05, 4.69) is 5.32 Å². The molecular weight excluding hydrogens is 258 g/mol. The lowest BCUT2D eigenvalue weighted by atomic mass is 9.86. The summed E-state index contributed by atoms with van der Waals surface area (Å²) in [5.74, 6) is 2.59. The predicted molar refractivity (Wildman–Crippen MR) is 76.9 cm³/mol. The lowest BCUT2D eigenvalue weighted by Crippen LogP contribution is -2.26. The van der Waals surface area contributed by atoms with E-state index in [4.69, 9.17) is 11.6 Å². The maximum atomic E-state index is 12.0. The Bertz CT molecular complexity index is 456. The number of halogens is 1. The van der Waals surface area contributed by atoms with Crippen LogP contribution in [-0.2, 0) is 11.3 Å². The van der Waals surface area contributed by atoms with Crippen LogP contribution in [0.4, 0.5) is 0 Å². The van der Waals surface area contributed by atoms with Crippen LogP contribution in [0.25, 0.3) is 0 Å². The third kappa shape index (κ3) is 3.11. The van der Waals surface area contributed by atoms with Gasteiger partial charge in [-0.1, -0.05) is 30.2 Å². The van der Waals surface area contributed by atoms with E-state index in [1.807, 2.05) is 24.3 Å². The average molecular weight is 278 g/mol. The third-order valence-electron chi connectivity index (χ3n) is 4.74. The first kappa shape index (κ1) is 13.0. The van der Waals surface area contributed by atoms with Crippen molar-refractivity contribution in [3.05, 3.63) is 34.9 Å². The van der Waals surface area contributed by atoms with Crippen LogP contribution in [0.3, 0.4) is 0 Å². The van der Waals surface area contributed by atoms with Gasteiger partial charge in [0.2, 0.25) is 5.91 Å². The number of amides is 1. The summed E-state index contributed by atoms with van der Waals surface area (Å²) in [6, 6.07) is 7.64. The number of hydrogen-bond donors (Lipinski definition) is 1. The fourth-order valence-electron chi connectivity index (χ4n) is 3.74. The molecular formula is C16H20ClNO. The van der Waals surface area contributed by atoms with E-state index in [9.17, 15) is 4.79 Å². The molecule has 2 nitrogen and oxygen atoms in total. The van der Waals surface area contributed by atoms with E-state index in [0.29, 0.717) is 12.5 Å². The van der Waals surface area contributed by atoms with Gasteiger partial charge in [-0.15, -0.1) is 0 Å². The first-order valence-corrected chi connectivity index (χ1v) is 7.59. The van der Waals surface area contributed by atoms with Crippen molar-refractivity contribution in [1.82, 2.24) is 5.32 Å². The lowest BCUT2D eigenvalue weighted by Gasteiger charge is -2.20. The second-order valence-corrected chi connectivity index (χ2v) is 6.48. The first-order chi connectivity index (χ1) is 9.20. The zero-order chi connectivity index (χ0) is 13.2. The molecule has 0 aliphatic heterocycles. The third-order valence-corrected chi connectivity index (χ3v) is 4.99. The standard InChI is InChI=1S/C16H20ClNO/c17-15-5-2-11(3-6-15)10-18-16(19)9-14-8-12-1-4-13(14)7-12/h2-3,5-6,12-14H,1,4,7-10H2,(H,18,19). The van der Waals surface area contributed by atoms with Crippen molar-refractivity contribution in [1.29, 1.82) is 0 Å². The Balaban J connectivity index is 1.45. The molecule has 3 rings (SSSR count). The maximum Gasteiger partial charge on any atom is 0.220 e. The van der Waals surface area contributed by atoms with Gasteiger partial charge in [0.05, 0.1) is 0 Å². The number of benzene rings is 1. The van der Waals surface area contributed by atoms with Crippen LogP contribution in [-0.4, -0.2) is 5.91 Å². The molecule has 3 atom stereocenters. The quantitative estimate of drug-likeness (QED) is 0.891. The van der Waals surface area contributed by atoms with Crippen molar-refractivity contribution in [2.24, 2.45) is 17.8 Å². The molecule has 1 amide bonds. The summed E-state index contributed by atoms with van der Waals surface area (Å²) in [5.41, 5.74) is 1.10. The Morgan fingerprint density at radius 3 is 2.63 bits per heavy atom. The zero-order valence-electron chi connectivity index (χ0n) is 11.1. The van der Waals surface area contributed by atoms with Gasteiger partial charge < -0.3 is 5.32 Å². The fourth-order valence-corrected chi connectivity index (χ4v) is 3.87. The highest BCUT2D eigenvalue weighted by Crippen LogP contribution is 2.49. The van der Waals surface area contributed by atoms with Crippen molar-refractivity contribution in [2.45, 2.75) is 38.6 Å². The minimum atomic E-state index is 0.201. The Kier molecular flexibility index (Phi) is 3.79. The minimum absolute atomic E-state index is 0.201. The largest absolute Gasteiger partial charge is 0.352 e. The normalized spacial score (nSPS) is 28.6. The molecule has 3 unspecified atom stereocenters. The molecule has 2 bridgehead atoms. The molecule has 0 saturated heterocycles. The van der Waals surface area contributed by atoms with Crippen LogP contribution in [0.5, 0.6) is 0 Å². The highest BCUT2D eigenvalue weighted by atomic mass is 35.5. The first-order valence-electron chi connectivity index (χ1n) is 7.22. The second-order valence-electron chi connectivity index (χ2n) is 6.04. The molecule has 1 N–H and O–H groups in total. The molecule has 102 valence electrons. The summed E-state index contributed by atoms with van der Waals surface area (Å²) in [4.78, 5) is 12.0. The van der Waals surface area contributed by atoms with E-state index in [1.165, 1.54) is 25.7 Å². The van der Waals surface area contributed by atoms with E-state index in [1.54, 1.807) is 0 Å². The van der Waals surface area contributed by atoms with Crippen LogP contribution in [0, 0.1) is 17.8 Å². The van der Waals surface area contributed by atoms with Gasteiger partial charge in [-0.25, -0.2) is 0 Å². The monoisotopic (exact) mass is 277 g/mol. The van der Waals surface area contributed by atoms with E-state index in [-0.39, 0.29) is 5.91 Å². The summed E-state index contributed by atoms with van der Waals surface area (Å²) in [6.45, 7) is 0.608. The van der Waals surface area contributed by atoms with Crippen molar-refractivity contribution in [3.8, 4) is 0 Å². The van der Waals surface area contributed by atoms with Gasteiger partial charge in [-0.2, -0.15) is 0 Å². The summed E-state index contributed by atoms with van der Waals surface area (Å²) in [5, 5.41) is 3.76. The SMILES string of the molecule is O=C(CC1CC2CCC1C2)NCc1ccc(Cl)cc1. The fraction of sp³-hybridized carbons (Fsp3) is 0.562. The molecule has 2 saturated carbocycles. The number of carbonyl (C=O) groups is 1. The van der Waals surface area contributed by atoms with Crippen LogP contribution in [0.15, 0.2) is 24.3 Å². The number of fused-ring (bicyclic) bond motifs is 2. The zero-order valence-corrected chi connectivity index (χ0v) is 11.8. The smallest absolute Gasteiger partial charge is 0.220 e. The molecule has 0 spiro atoms. The summed E-state index contributed by atoms with van der Waals surface area (Å²) >= 11 is 5.84. The van der Waals surface area contributed by atoms with Crippen molar-refractivity contribution < 1.29 is 4.79 Å². The van der Waals surface area contributed by atoms with Gasteiger partial charge >= 0.3 is 0 Å². The number of nitrogens with one attached hydrogen (secondary N) is 1. The van der Waals surface area contributed by atoms with Gasteiger partial charge in [0.15, 0.2) is 0 Å². The summed E-state index contributed by atoms with van der Waals surface area (Å²) in [6.07, 6.45) is 6.11. The second kappa shape index (κ2) is 5.54. The molecule has 3 heteroatoms. The van der Waals surface area contributed by atoms with Crippen LogP contribution in [0.1, 0.15) is 37.7 Å². The predicted octanol–water partition coefficient (Wildman–Crippen LogP) is 3.78. The molecule has 0 aromatic heterocycles. The molecule has 2 aliphatic rings. The molecule has 0 heterocycles. The Morgan fingerprint density at radius 2 is 2.00 bits per heavy atom. The molecule has 2 fully saturated rings. The molecule has 1 aromatic carbocycles. The maximum absolute atomic E-state index is 12.0. The lowest BCUT2D eigenvalue weighted by molar-refractivity contribution is -0.122. The van der Waals surface area contributed by atoms with Crippen molar-refractivity contribution in [3.63, 3.8) is 0 Å². The average Bonchev–Trinajstić information content (AvgIpc) is 3.00. The Hall–Kier alpha value is -1.02. The Labute approximate surface area is 119 Å². The van der Waals surface area contributed by atoms with Gasteiger partial charge in [0, 0.05) is 18.0 Å². The van der Waals surface area contributed by atoms with Crippen LogP contribution in [0.2, 0.25) is 5.02 Å². The molecule has 0 radical (unpaired) electrons. The van der Waals surface area contributed by atoms with Gasteiger partial charge in [-0.05, 0) is 54.7 Å². The topological polar surface area (TPSA) is 29.1 Å². The molecule has 1 aromatic rings. The number of hydrogen-bond acceptors (Lipinski definition) is 1. The van der Waals surface area contributed by atoms with Gasteiger partial charge in [-0.3, -0.25) is 4.79 Å². The van der Waals surface area contributed by atoms with Gasteiger partial charge in [0.1, 0.15) is 0 Å². The van der Waals surface area contributed by atoms with E-state index in [0.717, 1.165) is 28.8 Å². The van der Waals surface area contributed by atoms with Crippen molar-refractivity contribution in [2.75, 3.05) is 0 Å². The highest BCUT2D eigenvalue weighted by Gasteiger charge is 2.39. The van der Waals surface area contributed by atoms with E-state index >= 15 is 0 Å². The molecule has 2 aliphatic carbocycles. The Morgan fingerprint density at radius 1 is 1.21 bits per heavy atom. The minimum Gasteiger partial charge on any atom is -0.352 e.